The number of nitrogens with zero attached hydrogens (tertiary/aromatic N) is 5. The number of hydrogen-bond acceptors (Lipinski definition) is 7. The number of imidazole rings is 1. The van der Waals surface area contributed by atoms with Crippen LogP contribution in [0.1, 0.15) is 11.4 Å². The highest BCUT2D eigenvalue weighted by molar-refractivity contribution is 7.98. The molecule has 4 aromatic rings. The molecular weight excluding hydrogens is 406 g/mol. The molecule has 0 fully saturated rings. The molecule has 4 rings (SSSR count). The first-order valence-corrected chi connectivity index (χ1v) is 10.2. The monoisotopic (exact) mass is 423 g/mol. The zero-order chi connectivity index (χ0) is 20.4. The largest absolute Gasteiger partial charge is 0.368 e. The zero-order valence-corrected chi connectivity index (χ0v) is 17.2. The average Bonchev–Trinajstić information content (AvgIpc) is 3.11. The molecule has 2 aromatic carbocycles. The Labute approximate surface area is 177 Å². The predicted molar refractivity (Wildman–Crippen MR) is 117 cm³/mol. The molecule has 0 aliphatic rings. The van der Waals surface area contributed by atoms with Crippen molar-refractivity contribution in [1.29, 1.82) is 0 Å². The lowest BCUT2D eigenvalue weighted by atomic mass is 10.1. The van der Waals surface area contributed by atoms with E-state index in [0.717, 1.165) is 22.1 Å². The topological polar surface area (TPSA) is 109 Å². The van der Waals surface area contributed by atoms with E-state index in [-0.39, 0.29) is 11.9 Å². The molecule has 2 heterocycles. The second-order valence-corrected chi connectivity index (χ2v) is 7.74. The summed E-state index contributed by atoms with van der Waals surface area (Å²) in [6, 6.07) is 16.0. The van der Waals surface area contributed by atoms with E-state index in [0.29, 0.717) is 16.6 Å². The molecule has 4 N–H and O–H groups in total. The molecular formula is C20H18ClN7S. The van der Waals surface area contributed by atoms with Crippen molar-refractivity contribution in [2.45, 2.75) is 17.8 Å². The van der Waals surface area contributed by atoms with Crippen LogP contribution in [0.4, 0.5) is 11.9 Å². The van der Waals surface area contributed by atoms with Crippen LogP contribution in [0.5, 0.6) is 0 Å². The fraction of sp³-hybridized carbons (Fsp3) is 0.100. The number of benzene rings is 2. The van der Waals surface area contributed by atoms with Gasteiger partial charge in [0.2, 0.25) is 11.9 Å². The lowest BCUT2D eigenvalue weighted by Crippen LogP contribution is -2.06. The van der Waals surface area contributed by atoms with Gasteiger partial charge in [-0.1, -0.05) is 53.2 Å². The minimum absolute atomic E-state index is 0.108. The van der Waals surface area contributed by atoms with Crippen molar-refractivity contribution < 1.29 is 0 Å². The Bertz CT molecular complexity index is 1120. The van der Waals surface area contributed by atoms with Crippen LogP contribution >= 0.6 is 23.4 Å². The Morgan fingerprint density at radius 1 is 0.931 bits per heavy atom. The normalized spacial score (nSPS) is 11.0. The van der Waals surface area contributed by atoms with Crippen molar-refractivity contribution >= 4 is 35.3 Å². The Morgan fingerprint density at radius 2 is 1.59 bits per heavy atom. The van der Waals surface area contributed by atoms with Crippen LogP contribution in [-0.2, 0) is 5.75 Å². The van der Waals surface area contributed by atoms with E-state index in [1.807, 2.05) is 30.5 Å². The molecule has 0 bridgehead atoms. The molecule has 0 aliphatic carbocycles. The molecule has 29 heavy (non-hydrogen) atoms. The van der Waals surface area contributed by atoms with Crippen LogP contribution in [0.25, 0.3) is 16.9 Å². The lowest BCUT2D eigenvalue weighted by Gasteiger charge is -2.12. The molecule has 0 saturated heterocycles. The third kappa shape index (κ3) is 4.33. The minimum atomic E-state index is 0.108. The van der Waals surface area contributed by atoms with Gasteiger partial charge in [-0.3, -0.25) is 4.57 Å². The molecule has 0 amide bonds. The lowest BCUT2D eigenvalue weighted by molar-refractivity contribution is 0.895. The number of anilines is 2. The summed E-state index contributed by atoms with van der Waals surface area (Å²) in [4.78, 5) is 16.7. The number of rotatable bonds is 5. The highest BCUT2D eigenvalue weighted by atomic mass is 35.5. The van der Waals surface area contributed by atoms with Gasteiger partial charge in [0.05, 0.1) is 17.6 Å². The van der Waals surface area contributed by atoms with Gasteiger partial charge < -0.3 is 11.5 Å². The van der Waals surface area contributed by atoms with Gasteiger partial charge in [0, 0.05) is 16.3 Å². The Kier molecular flexibility index (Phi) is 5.37. The van der Waals surface area contributed by atoms with Crippen LogP contribution in [-0.4, -0.2) is 24.5 Å². The Balaban J connectivity index is 1.73. The van der Waals surface area contributed by atoms with Gasteiger partial charge in [0.25, 0.3) is 0 Å². The van der Waals surface area contributed by atoms with Gasteiger partial charge in [-0.05, 0) is 31.2 Å². The first-order valence-electron chi connectivity index (χ1n) is 8.79. The van der Waals surface area contributed by atoms with E-state index in [9.17, 15) is 0 Å². The second kappa shape index (κ2) is 8.10. The van der Waals surface area contributed by atoms with Gasteiger partial charge >= 0.3 is 0 Å². The van der Waals surface area contributed by atoms with Crippen molar-refractivity contribution in [3.8, 4) is 16.9 Å². The van der Waals surface area contributed by atoms with Crippen LogP contribution in [0.3, 0.4) is 0 Å². The molecule has 0 spiro atoms. The molecule has 0 aliphatic heterocycles. The standard InChI is InChI=1S/C20H18ClN7S/c1-12-2-8-15(9-3-12)28-16(13-4-6-14(21)7-5-13)10-24-20(28)29-11-17-25-18(22)27-19(23)26-17/h2-10H,11H2,1H3,(H4,22,23,25,26,27). The van der Waals surface area contributed by atoms with Gasteiger partial charge in [-0.15, -0.1) is 0 Å². The maximum absolute atomic E-state index is 6.06. The van der Waals surface area contributed by atoms with Gasteiger partial charge in [0.1, 0.15) is 5.82 Å². The van der Waals surface area contributed by atoms with Crippen molar-refractivity contribution in [3.63, 3.8) is 0 Å². The molecule has 0 saturated carbocycles. The highest BCUT2D eigenvalue weighted by Gasteiger charge is 2.15. The molecule has 2 aromatic heterocycles. The summed E-state index contributed by atoms with van der Waals surface area (Å²) in [5.74, 6) is 1.18. The molecule has 0 unspecified atom stereocenters. The van der Waals surface area contributed by atoms with Gasteiger partial charge in [-0.25, -0.2) is 4.98 Å². The number of halogens is 1. The third-order valence-electron chi connectivity index (χ3n) is 4.21. The molecule has 9 heteroatoms. The first-order chi connectivity index (χ1) is 14.0. The number of thioether (sulfide) groups is 1. The van der Waals surface area contributed by atoms with E-state index in [4.69, 9.17) is 23.1 Å². The third-order valence-corrected chi connectivity index (χ3v) is 5.41. The summed E-state index contributed by atoms with van der Waals surface area (Å²) in [6.07, 6.45) is 1.85. The maximum Gasteiger partial charge on any atom is 0.225 e. The smallest absolute Gasteiger partial charge is 0.225 e. The maximum atomic E-state index is 6.06. The fourth-order valence-corrected chi connectivity index (χ4v) is 3.83. The zero-order valence-electron chi connectivity index (χ0n) is 15.6. The van der Waals surface area contributed by atoms with Crippen LogP contribution < -0.4 is 11.5 Å². The predicted octanol–water partition coefficient (Wildman–Crippen LogP) is 4.14. The molecule has 0 radical (unpaired) electrons. The molecule has 7 nitrogen and oxygen atoms in total. The molecule has 146 valence electrons. The van der Waals surface area contributed by atoms with E-state index in [1.54, 1.807) is 0 Å². The number of aryl methyl sites for hydroxylation is 1. The highest BCUT2D eigenvalue weighted by Crippen LogP contribution is 2.31. The van der Waals surface area contributed by atoms with Crippen LogP contribution in [0.15, 0.2) is 59.9 Å². The number of nitrogen functional groups attached to an aromatic ring is 2. The quantitative estimate of drug-likeness (QED) is 0.464. The Hall–Kier alpha value is -3.10. The summed E-state index contributed by atoms with van der Waals surface area (Å²) in [6.45, 7) is 2.06. The first kappa shape index (κ1) is 19.2. The van der Waals surface area contributed by atoms with E-state index >= 15 is 0 Å². The van der Waals surface area contributed by atoms with Crippen LogP contribution in [0.2, 0.25) is 5.02 Å². The summed E-state index contributed by atoms with van der Waals surface area (Å²) < 4.78 is 2.10. The van der Waals surface area contributed by atoms with Gasteiger partial charge in [-0.2, -0.15) is 15.0 Å². The number of hydrogen-bond donors (Lipinski definition) is 2. The Morgan fingerprint density at radius 3 is 2.24 bits per heavy atom. The van der Waals surface area contributed by atoms with E-state index < -0.39 is 0 Å². The second-order valence-electron chi connectivity index (χ2n) is 6.36. The summed E-state index contributed by atoms with van der Waals surface area (Å²) in [7, 11) is 0. The van der Waals surface area contributed by atoms with Crippen molar-refractivity contribution in [2.24, 2.45) is 0 Å². The summed E-state index contributed by atoms with van der Waals surface area (Å²) in [5.41, 5.74) is 15.5. The fourth-order valence-electron chi connectivity index (χ4n) is 2.85. The van der Waals surface area contributed by atoms with Crippen molar-refractivity contribution in [3.05, 3.63) is 71.1 Å². The van der Waals surface area contributed by atoms with Crippen LogP contribution in [0, 0.1) is 6.92 Å². The SMILES string of the molecule is Cc1ccc(-n2c(-c3ccc(Cl)cc3)cnc2SCc2nc(N)nc(N)n2)cc1. The van der Waals surface area contributed by atoms with Gasteiger partial charge in [0.15, 0.2) is 5.16 Å². The summed E-state index contributed by atoms with van der Waals surface area (Å²) in [5, 5.41) is 1.49. The minimum Gasteiger partial charge on any atom is -0.368 e. The van der Waals surface area contributed by atoms with Crippen molar-refractivity contribution in [2.75, 3.05) is 11.5 Å². The van der Waals surface area contributed by atoms with E-state index in [2.05, 4.69) is 55.7 Å². The summed E-state index contributed by atoms with van der Waals surface area (Å²) >= 11 is 7.55. The average molecular weight is 424 g/mol. The molecule has 0 atom stereocenters. The number of nitrogens with two attached hydrogens (primary N) is 2. The van der Waals surface area contributed by atoms with Crippen molar-refractivity contribution in [1.82, 2.24) is 24.5 Å². The van der Waals surface area contributed by atoms with E-state index in [1.165, 1.54) is 17.3 Å². The number of aromatic nitrogens is 5.